The molecule has 0 amide bonds. The van der Waals surface area contributed by atoms with E-state index in [0.29, 0.717) is 39.3 Å². The summed E-state index contributed by atoms with van der Waals surface area (Å²) in [7, 11) is 0. The maximum atomic E-state index is 10.4. The Bertz CT molecular complexity index is 873. The molecule has 0 bridgehead atoms. The Morgan fingerprint density at radius 3 is 2.93 bits per heavy atom. The van der Waals surface area contributed by atoms with Gasteiger partial charge in [-0.15, -0.1) is 0 Å². The maximum Gasteiger partial charge on any atom is 0.171 e. The van der Waals surface area contributed by atoms with Crippen LogP contribution < -0.4 is 0 Å². The van der Waals surface area contributed by atoms with Gasteiger partial charge in [0.2, 0.25) is 0 Å². The van der Waals surface area contributed by atoms with Crippen LogP contribution in [0, 0.1) is 11.8 Å². The zero-order valence-corrected chi connectivity index (χ0v) is 17.8. The molecule has 30 heavy (non-hydrogen) atoms. The van der Waals surface area contributed by atoms with Crippen molar-refractivity contribution >= 4 is 12.0 Å². The fourth-order valence-corrected chi connectivity index (χ4v) is 3.82. The Balaban J connectivity index is 1.49. The lowest BCUT2D eigenvalue weighted by atomic mass is 9.93. The second-order valence-electron chi connectivity index (χ2n) is 7.91. The number of aliphatic imine (C=N–C) groups is 1. The molecular formula is C24H30N2O4. The molecule has 4 rings (SSSR count). The summed E-state index contributed by atoms with van der Waals surface area (Å²) in [6.45, 7) is 7.09. The molecular weight excluding hydrogens is 380 g/mol. The van der Waals surface area contributed by atoms with E-state index >= 15 is 0 Å². The van der Waals surface area contributed by atoms with Crippen molar-refractivity contribution in [1.29, 1.82) is 0 Å². The first-order chi connectivity index (χ1) is 14.6. The average Bonchev–Trinajstić information content (AvgIpc) is 2.81. The fraction of sp³-hybridized carbons (Fsp3) is 0.542. The molecule has 3 aliphatic heterocycles. The van der Waals surface area contributed by atoms with Gasteiger partial charge in [-0.2, -0.15) is 0 Å². The van der Waals surface area contributed by atoms with Crippen molar-refractivity contribution in [2.24, 2.45) is 4.99 Å². The average molecular weight is 411 g/mol. The third kappa shape index (κ3) is 4.76. The minimum absolute atomic E-state index is 0.0324. The molecule has 1 N–H and O–H groups in total. The molecule has 2 atom stereocenters. The highest BCUT2D eigenvalue weighted by molar-refractivity contribution is 5.81. The number of rotatable bonds is 5. The Hall–Kier alpha value is -2.17. The van der Waals surface area contributed by atoms with E-state index in [-0.39, 0.29) is 12.3 Å². The van der Waals surface area contributed by atoms with Crippen LogP contribution in [0.5, 0.6) is 0 Å². The molecule has 3 aliphatic rings. The summed E-state index contributed by atoms with van der Waals surface area (Å²) >= 11 is 0. The zero-order chi connectivity index (χ0) is 21.0. The van der Waals surface area contributed by atoms with Crippen LogP contribution in [0.15, 0.2) is 29.3 Å². The highest BCUT2D eigenvalue weighted by Crippen LogP contribution is 2.31. The molecule has 6 nitrogen and oxygen atoms in total. The molecule has 2 unspecified atom stereocenters. The Labute approximate surface area is 178 Å². The van der Waals surface area contributed by atoms with E-state index in [1.54, 1.807) is 0 Å². The minimum Gasteiger partial charge on any atom is -0.378 e. The smallest absolute Gasteiger partial charge is 0.171 e. The van der Waals surface area contributed by atoms with Crippen LogP contribution in [-0.2, 0) is 20.6 Å². The highest BCUT2D eigenvalue weighted by atomic mass is 16.6. The van der Waals surface area contributed by atoms with Crippen molar-refractivity contribution in [3.05, 3.63) is 41.0 Å². The topological polar surface area (TPSA) is 63.5 Å². The summed E-state index contributed by atoms with van der Waals surface area (Å²) in [5.74, 6) is 6.21. The number of benzene rings is 1. The minimum atomic E-state index is -0.910. The number of aliphatic hydroxyl groups is 1. The van der Waals surface area contributed by atoms with Crippen LogP contribution in [0.2, 0.25) is 0 Å². The van der Waals surface area contributed by atoms with Crippen LogP contribution in [0.4, 0.5) is 0 Å². The first-order valence-corrected chi connectivity index (χ1v) is 10.8. The van der Waals surface area contributed by atoms with E-state index in [0.717, 1.165) is 24.2 Å². The first kappa shape index (κ1) is 21.1. The van der Waals surface area contributed by atoms with Crippen molar-refractivity contribution in [2.45, 2.75) is 51.0 Å². The van der Waals surface area contributed by atoms with Crippen molar-refractivity contribution in [1.82, 2.24) is 4.90 Å². The number of hydrogen-bond acceptors (Lipinski definition) is 6. The second-order valence-corrected chi connectivity index (χ2v) is 7.91. The normalized spacial score (nSPS) is 23.2. The lowest BCUT2D eigenvalue weighted by Crippen LogP contribution is -2.36. The molecule has 0 saturated carbocycles. The SMILES string of the molecule is CCC(O)(C#Cc1ccc2c(c1)CCN1C=NC(OCC3COCCO3)C=C21)CC. The maximum absolute atomic E-state index is 10.4. The van der Waals surface area contributed by atoms with Crippen molar-refractivity contribution in [3.63, 3.8) is 0 Å². The summed E-state index contributed by atoms with van der Waals surface area (Å²) in [5, 5.41) is 10.4. The third-order valence-corrected chi connectivity index (χ3v) is 5.91. The summed E-state index contributed by atoms with van der Waals surface area (Å²) < 4.78 is 17.0. The van der Waals surface area contributed by atoms with Crippen LogP contribution >= 0.6 is 0 Å². The second kappa shape index (κ2) is 9.32. The Morgan fingerprint density at radius 1 is 1.30 bits per heavy atom. The monoisotopic (exact) mass is 410 g/mol. The van der Waals surface area contributed by atoms with Gasteiger partial charge < -0.3 is 24.2 Å². The van der Waals surface area contributed by atoms with Crippen LogP contribution in [0.25, 0.3) is 5.70 Å². The van der Waals surface area contributed by atoms with Crippen LogP contribution in [-0.4, -0.2) is 67.3 Å². The van der Waals surface area contributed by atoms with Gasteiger partial charge in [0, 0.05) is 23.4 Å². The van der Waals surface area contributed by atoms with Gasteiger partial charge in [0.1, 0.15) is 11.7 Å². The summed E-state index contributed by atoms with van der Waals surface area (Å²) in [4.78, 5) is 6.69. The number of fused-ring (bicyclic) bond motifs is 3. The number of hydrogen-bond donors (Lipinski definition) is 1. The largest absolute Gasteiger partial charge is 0.378 e. The van der Waals surface area contributed by atoms with Gasteiger partial charge in [-0.05, 0) is 43.0 Å². The molecule has 0 aromatic heterocycles. The number of nitrogens with zero attached hydrogens (tertiary/aromatic N) is 2. The van der Waals surface area contributed by atoms with Gasteiger partial charge in [-0.25, -0.2) is 4.99 Å². The Morgan fingerprint density at radius 2 is 2.17 bits per heavy atom. The lowest BCUT2D eigenvalue weighted by molar-refractivity contribution is -0.120. The van der Waals surface area contributed by atoms with Gasteiger partial charge in [0.05, 0.1) is 32.8 Å². The molecule has 1 aromatic carbocycles. The van der Waals surface area contributed by atoms with E-state index in [9.17, 15) is 5.11 Å². The molecule has 1 aromatic rings. The predicted octanol–water partition coefficient (Wildman–Crippen LogP) is 2.59. The van der Waals surface area contributed by atoms with Gasteiger partial charge in [-0.1, -0.05) is 31.8 Å². The molecule has 1 fully saturated rings. The molecule has 1 saturated heterocycles. The first-order valence-electron chi connectivity index (χ1n) is 10.8. The van der Waals surface area contributed by atoms with Crippen molar-refractivity contribution in [2.75, 3.05) is 33.0 Å². The molecule has 0 spiro atoms. The standard InChI is InChI=1S/C24H30N2O4/c1-3-24(27,4-2)9-7-18-5-6-21-19(13-18)8-10-26-17-25-23(14-22(21)26)30-16-20-15-28-11-12-29-20/h5-6,13-14,17,20,23,27H,3-4,8,10-12,15-16H2,1-2H3. The van der Waals surface area contributed by atoms with E-state index in [2.05, 4.69) is 39.9 Å². The molecule has 160 valence electrons. The summed E-state index contributed by atoms with van der Waals surface area (Å²) in [6, 6.07) is 6.28. The third-order valence-electron chi connectivity index (χ3n) is 5.91. The van der Waals surface area contributed by atoms with Gasteiger partial charge in [-0.3, -0.25) is 0 Å². The molecule has 3 heterocycles. The van der Waals surface area contributed by atoms with E-state index in [1.165, 1.54) is 11.1 Å². The van der Waals surface area contributed by atoms with Crippen LogP contribution in [0.3, 0.4) is 0 Å². The predicted molar refractivity (Wildman–Crippen MR) is 116 cm³/mol. The molecule has 6 heteroatoms. The number of ether oxygens (including phenoxy) is 3. The fourth-order valence-electron chi connectivity index (χ4n) is 3.82. The van der Waals surface area contributed by atoms with Crippen LogP contribution in [0.1, 0.15) is 43.4 Å². The van der Waals surface area contributed by atoms with Gasteiger partial charge >= 0.3 is 0 Å². The molecule has 0 aliphatic carbocycles. The van der Waals surface area contributed by atoms with Gasteiger partial charge in [0.25, 0.3) is 0 Å². The van der Waals surface area contributed by atoms with E-state index in [1.807, 2.05) is 26.3 Å². The van der Waals surface area contributed by atoms with Crippen molar-refractivity contribution in [3.8, 4) is 11.8 Å². The summed E-state index contributed by atoms with van der Waals surface area (Å²) in [5.41, 5.74) is 3.60. The van der Waals surface area contributed by atoms with Crippen molar-refractivity contribution < 1.29 is 19.3 Å². The van der Waals surface area contributed by atoms with E-state index < -0.39 is 5.60 Å². The zero-order valence-electron chi connectivity index (χ0n) is 17.8. The quantitative estimate of drug-likeness (QED) is 0.756. The Kier molecular flexibility index (Phi) is 6.55. The molecule has 0 radical (unpaired) electrons. The lowest BCUT2D eigenvalue weighted by Gasteiger charge is -2.34. The van der Waals surface area contributed by atoms with E-state index in [4.69, 9.17) is 14.2 Å². The van der Waals surface area contributed by atoms with Gasteiger partial charge in [0.15, 0.2) is 6.23 Å². The summed E-state index contributed by atoms with van der Waals surface area (Å²) in [6.07, 6.45) is 5.77. The highest BCUT2D eigenvalue weighted by Gasteiger charge is 2.25.